The van der Waals surface area contributed by atoms with Crippen LogP contribution < -0.4 is 5.56 Å². The fourth-order valence-corrected chi connectivity index (χ4v) is 2.41. The molecule has 4 heteroatoms. The van der Waals surface area contributed by atoms with Gasteiger partial charge in [-0.05, 0) is 24.8 Å². The molecule has 1 amide bonds. The largest absolute Gasteiger partial charge is 0.339 e. The highest BCUT2D eigenvalue weighted by molar-refractivity contribution is 5.94. The van der Waals surface area contributed by atoms with Crippen molar-refractivity contribution >= 4 is 5.91 Å². The third kappa shape index (κ3) is 2.63. The Morgan fingerprint density at radius 1 is 1.39 bits per heavy atom. The van der Waals surface area contributed by atoms with Crippen molar-refractivity contribution in [2.24, 2.45) is 13.0 Å². The molecule has 1 aromatic rings. The number of amides is 1. The van der Waals surface area contributed by atoms with Crippen LogP contribution in [-0.4, -0.2) is 28.5 Å². The Labute approximate surface area is 107 Å². The first-order valence-corrected chi connectivity index (χ1v) is 6.57. The van der Waals surface area contributed by atoms with Crippen molar-refractivity contribution < 1.29 is 4.79 Å². The molecule has 1 saturated heterocycles. The van der Waals surface area contributed by atoms with Crippen LogP contribution in [-0.2, 0) is 7.05 Å². The summed E-state index contributed by atoms with van der Waals surface area (Å²) in [6, 6.07) is 3.14. The molecule has 0 radical (unpaired) electrons. The Bertz CT molecular complexity index is 485. The maximum atomic E-state index is 12.2. The van der Waals surface area contributed by atoms with Crippen LogP contribution in [0.25, 0.3) is 0 Å². The van der Waals surface area contributed by atoms with Crippen molar-refractivity contribution in [2.45, 2.75) is 26.2 Å². The molecule has 1 fully saturated rings. The van der Waals surface area contributed by atoms with Gasteiger partial charge in [-0.1, -0.05) is 13.3 Å². The van der Waals surface area contributed by atoms with Crippen LogP contribution in [0, 0.1) is 5.92 Å². The van der Waals surface area contributed by atoms with Crippen molar-refractivity contribution in [3.63, 3.8) is 0 Å². The zero-order valence-corrected chi connectivity index (χ0v) is 11.1. The van der Waals surface area contributed by atoms with E-state index in [1.807, 2.05) is 4.90 Å². The molecule has 0 saturated carbocycles. The molecule has 2 heterocycles. The SMILES string of the molecule is CCC1CCN(C(=O)c2ccn(C)c(=O)c2)CC1. The molecule has 0 aromatic carbocycles. The molecule has 0 unspecified atom stereocenters. The first-order chi connectivity index (χ1) is 8.61. The number of likely N-dealkylation sites (tertiary alicyclic amines) is 1. The van der Waals surface area contributed by atoms with Crippen LogP contribution in [0.1, 0.15) is 36.5 Å². The van der Waals surface area contributed by atoms with E-state index in [4.69, 9.17) is 0 Å². The molecule has 1 aromatic heterocycles. The Morgan fingerprint density at radius 2 is 2.06 bits per heavy atom. The number of rotatable bonds is 2. The molecular formula is C14H20N2O2. The van der Waals surface area contributed by atoms with Gasteiger partial charge < -0.3 is 9.47 Å². The van der Waals surface area contributed by atoms with Crippen molar-refractivity contribution in [1.29, 1.82) is 0 Å². The van der Waals surface area contributed by atoms with Crippen LogP contribution in [0.4, 0.5) is 0 Å². The van der Waals surface area contributed by atoms with Crippen LogP contribution in [0.2, 0.25) is 0 Å². The Balaban J connectivity index is 2.08. The van der Waals surface area contributed by atoms with Crippen LogP contribution in [0.3, 0.4) is 0 Å². The third-order valence-corrected chi connectivity index (χ3v) is 3.83. The molecule has 0 bridgehead atoms. The van der Waals surface area contributed by atoms with E-state index in [1.54, 1.807) is 19.3 Å². The topological polar surface area (TPSA) is 42.3 Å². The van der Waals surface area contributed by atoms with E-state index in [9.17, 15) is 9.59 Å². The second-order valence-corrected chi connectivity index (χ2v) is 5.01. The zero-order valence-electron chi connectivity index (χ0n) is 11.1. The lowest BCUT2D eigenvalue weighted by atomic mass is 9.94. The van der Waals surface area contributed by atoms with E-state index in [0.29, 0.717) is 5.56 Å². The second kappa shape index (κ2) is 5.38. The summed E-state index contributed by atoms with van der Waals surface area (Å²) < 4.78 is 1.47. The summed E-state index contributed by atoms with van der Waals surface area (Å²) in [6.45, 7) is 3.82. The van der Waals surface area contributed by atoms with Gasteiger partial charge in [-0.15, -0.1) is 0 Å². The molecule has 1 aliphatic heterocycles. The predicted molar refractivity (Wildman–Crippen MR) is 70.6 cm³/mol. The molecule has 0 atom stereocenters. The van der Waals surface area contributed by atoms with Gasteiger partial charge in [-0.3, -0.25) is 9.59 Å². The van der Waals surface area contributed by atoms with Gasteiger partial charge in [-0.2, -0.15) is 0 Å². The van der Waals surface area contributed by atoms with E-state index in [0.717, 1.165) is 31.8 Å². The minimum absolute atomic E-state index is 0.0118. The van der Waals surface area contributed by atoms with Gasteiger partial charge >= 0.3 is 0 Å². The average molecular weight is 248 g/mol. The van der Waals surface area contributed by atoms with Crippen LogP contribution in [0.5, 0.6) is 0 Å². The summed E-state index contributed by atoms with van der Waals surface area (Å²) in [4.78, 5) is 25.6. The minimum atomic E-state index is -0.135. The Hall–Kier alpha value is -1.58. The van der Waals surface area contributed by atoms with Gasteiger partial charge in [0.2, 0.25) is 0 Å². The number of carbonyl (C=O) groups excluding carboxylic acids is 1. The second-order valence-electron chi connectivity index (χ2n) is 5.01. The van der Waals surface area contributed by atoms with Gasteiger partial charge in [0.15, 0.2) is 0 Å². The van der Waals surface area contributed by atoms with Crippen molar-refractivity contribution in [1.82, 2.24) is 9.47 Å². The van der Waals surface area contributed by atoms with Gasteiger partial charge in [0.1, 0.15) is 0 Å². The monoisotopic (exact) mass is 248 g/mol. The fraction of sp³-hybridized carbons (Fsp3) is 0.571. The standard InChI is InChI=1S/C14H20N2O2/c1-3-11-4-8-16(9-5-11)14(18)12-6-7-15(2)13(17)10-12/h6-7,10-11H,3-5,8-9H2,1-2H3. The molecule has 4 nitrogen and oxygen atoms in total. The van der Waals surface area contributed by atoms with E-state index < -0.39 is 0 Å². The molecule has 1 aliphatic rings. The summed E-state index contributed by atoms with van der Waals surface area (Å²) in [5, 5.41) is 0. The van der Waals surface area contributed by atoms with Gasteiger partial charge in [0.25, 0.3) is 11.5 Å². The molecule has 0 aliphatic carbocycles. The normalized spacial score (nSPS) is 16.9. The van der Waals surface area contributed by atoms with Crippen molar-refractivity contribution in [3.05, 3.63) is 34.2 Å². The van der Waals surface area contributed by atoms with Gasteiger partial charge in [-0.25, -0.2) is 0 Å². The van der Waals surface area contributed by atoms with E-state index >= 15 is 0 Å². The highest BCUT2D eigenvalue weighted by Gasteiger charge is 2.22. The van der Waals surface area contributed by atoms with Crippen molar-refractivity contribution in [3.8, 4) is 0 Å². The number of nitrogens with zero attached hydrogens (tertiary/aromatic N) is 2. The first-order valence-electron chi connectivity index (χ1n) is 6.57. The van der Waals surface area contributed by atoms with E-state index in [-0.39, 0.29) is 11.5 Å². The minimum Gasteiger partial charge on any atom is -0.339 e. The quantitative estimate of drug-likeness (QED) is 0.798. The summed E-state index contributed by atoms with van der Waals surface area (Å²) in [5.74, 6) is 0.736. The Morgan fingerprint density at radius 3 is 2.61 bits per heavy atom. The van der Waals surface area contributed by atoms with Crippen LogP contribution >= 0.6 is 0 Å². The van der Waals surface area contributed by atoms with Crippen molar-refractivity contribution in [2.75, 3.05) is 13.1 Å². The molecule has 98 valence electrons. The maximum absolute atomic E-state index is 12.2. The lowest BCUT2D eigenvalue weighted by Crippen LogP contribution is -2.38. The van der Waals surface area contributed by atoms with E-state index in [1.165, 1.54) is 17.1 Å². The fourth-order valence-electron chi connectivity index (χ4n) is 2.41. The summed E-state index contributed by atoms with van der Waals surface area (Å²) in [7, 11) is 1.68. The molecule has 0 spiro atoms. The summed E-state index contributed by atoms with van der Waals surface area (Å²) in [5.41, 5.74) is 0.373. The molecule has 0 N–H and O–H groups in total. The average Bonchev–Trinajstić information content (AvgIpc) is 2.41. The predicted octanol–water partition coefficient (Wildman–Crippen LogP) is 1.65. The highest BCUT2D eigenvalue weighted by Crippen LogP contribution is 2.20. The number of aromatic nitrogens is 1. The van der Waals surface area contributed by atoms with E-state index in [2.05, 4.69) is 6.92 Å². The number of hydrogen-bond donors (Lipinski definition) is 0. The number of carbonyl (C=O) groups is 1. The summed E-state index contributed by atoms with van der Waals surface area (Å²) in [6.07, 6.45) is 4.99. The maximum Gasteiger partial charge on any atom is 0.254 e. The third-order valence-electron chi connectivity index (χ3n) is 3.83. The summed E-state index contributed by atoms with van der Waals surface area (Å²) >= 11 is 0. The molecular weight excluding hydrogens is 228 g/mol. The number of aryl methyl sites for hydroxylation is 1. The lowest BCUT2D eigenvalue weighted by Gasteiger charge is -2.31. The van der Waals surface area contributed by atoms with Crippen LogP contribution in [0.15, 0.2) is 23.1 Å². The first kappa shape index (κ1) is 12.9. The molecule has 2 rings (SSSR count). The number of pyridine rings is 1. The Kier molecular flexibility index (Phi) is 3.84. The smallest absolute Gasteiger partial charge is 0.254 e. The number of piperidine rings is 1. The highest BCUT2D eigenvalue weighted by atomic mass is 16.2. The zero-order chi connectivity index (χ0) is 13.1. The van der Waals surface area contributed by atoms with Gasteiger partial charge in [0.05, 0.1) is 0 Å². The van der Waals surface area contributed by atoms with Gasteiger partial charge in [0, 0.05) is 38.0 Å². The lowest BCUT2D eigenvalue weighted by molar-refractivity contribution is 0.0688. The molecule has 18 heavy (non-hydrogen) atoms. The number of hydrogen-bond acceptors (Lipinski definition) is 2.